The molecule has 0 bridgehead atoms. The summed E-state index contributed by atoms with van der Waals surface area (Å²) in [5, 5.41) is 10.9. The Labute approximate surface area is 219 Å². The third-order valence-electron chi connectivity index (χ3n) is 13.1. The predicted molar refractivity (Wildman–Crippen MR) is 142 cm³/mol. The van der Waals surface area contributed by atoms with Gasteiger partial charge in [0.15, 0.2) is 5.78 Å². The third-order valence-corrected chi connectivity index (χ3v) is 13.1. The van der Waals surface area contributed by atoms with Crippen molar-refractivity contribution in [3.8, 4) is 0 Å². The number of ketones is 1. The van der Waals surface area contributed by atoms with E-state index in [0.717, 1.165) is 37.7 Å². The van der Waals surface area contributed by atoms with Gasteiger partial charge < -0.3 is 9.84 Å². The molecule has 0 radical (unpaired) electrons. The van der Waals surface area contributed by atoms with Gasteiger partial charge in [-0.25, -0.2) is 0 Å². The molecule has 5 aliphatic carbocycles. The van der Waals surface area contributed by atoms with Crippen LogP contribution >= 0.6 is 0 Å². The number of hydrogen-bond acceptors (Lipinski definition) is 4. The fourth-order valence-electron chi connectivity index (χ4n) is 11.1. The number of Topliss-reactive ketones (excluding diaryl/α,β-unsaturated/α-hetero) is 1. The van der Waals surface area contributed by atoms with Gasteiger partial charge in [0, 0.05) is 18.8 Å². The minimum absolute atomic E-state index is 0.0386. The van der Waals surface area contributed by atoms with E-state index in [2.05, 4.69) is 48.5 Å². The zero-order valence-corrected chi connectivity index (χ0v) is 24.1. The molecule has 0 amide bonds. The number of esters is 1. The second-order valence-electron chi connectivity index (χ2n) is 15.1. The normalized spacial score (nSPS) is 47.7. The first kappa shape index (κ1) is 26.4. The minimum Gasteiger partial charge on any atom is -0.465 e. The Balaban J connectivity index is 1.58. The largest absolute Gasteiger partial charge is 0.465 e. The van der Waals surface area contributed by atoms with Crippen molar-refractivity contribution in [2.24, 2.45) is 50.7 Å². The fraction of sp³-hybridized carbons (Fsp3) is 0.875. The summed E-state index contributed by atoms with van der Waals surface area (Å²) in [6.07, 6.45) is 9.10. The van der Waals surface area contributed by atoms with Crippen molar-refractivity contribution in [3.05, 3.63) is 11.1 Å². The zero-order chi connectivity index (χ0) is 26.5. The third kappa shape index (κ3) is 3.27. The molecule has 0 saturated heterocycles. The van der Waals surface area contributed by atoms with Crippen LogP contribution in [0.4, 0.5) is 0 Å². The summed E-state index contributed by atoms with van der Waals surface area (Å²) >= 11 is 0. The van der Waals surface area contributed by atoms with Crippen LogP contribution in [-0.2, 0) is 14.3 Å². The molecule has 7 unspecified atom stereocenters. The van der Waals surface area contributed by atoms with Crippen LogP contribution in [0.5, 0.6) is 0 Å². The number of aliphatic hydroxyl groups excluding tert-OH is 1. The molecule has 0 aromatic rings. The number of carbonyl (C=O) groups excluding carboxylic acids is 2. The summed E-state index contributed by atoms with van der Waals surface area (Å²) in [4.78, 5) is 25.3. The van der Waals surface area contributed by atoms with Crippen LogP contribution in [0.15, 0.2) is 11.1 Å². The highest BCUT2D eigenvalue weighted by atomic mass is 16.5. The standard InChI is InChI=1S/C32H50O4/c1-19(2)26-22(34)17-32(18-36-20(3)33)16-15-30(7)21(27(26)32)9-10-24-29(6)13-12-25(35)28(4,5)23(29)11-14-31(24,30)8/h19,21,23-25,35H,9-18H2,1-8H3/t21?,23?,24?,25?,29?,30?,31?,32-/m0/s1. The molecule has 4 saturated carbocycles. The summed E-state index contributed by atoms with van der Waals surface area (Å²) in [6, 6.07) is 0. The van der Waals surface area contributed by atoms with Gasteiger partial charge in [-0.1, -0.05) is 48.5 Å². The van der Waals surface area contributed by atoms with Crippen LogP contribution in [0.1, 0.15) is 113 Å². The van der Waals surface area contributed by atoms with Crippen LogP contribution < -0.4 is 0 Å². The van der Waals surface area contributed by atoms with E-state index >= 15 is 0 Å². The molecular weight excluding hydrogens is 448 g/mol. The van der Waals surface area contributed by atoms with Crippen molar-refractivity contribution < 1.29 is 19.4 Å². The zero-order valence-electron chi connectivity index (χ0n) is 24.1. The van der Waals surface area contributed by atoms with Crippen molar-refractivity contribution in [1.29, 1.82) is 0 Å². The van der Waals surface area contributed by atoms with E-state index in [1.54, 1.807) is 0 Å². The van der Waals surface area contributed by atoms with Gasteiger partial charge in [0.1, 0.15) is 6.61 Å². The maximum Gasteiger partial charge on any atom is 0.302 e. The van der Waals surface area contributed by atoms with Crippen molar-refractivity contribution >= 4 is 11.8 Å². The molecule has 1 N–H and O–H groups in total. The Morgan fingerprint density at radius 3 is 2.28 bits per heavy atom. The Hall–Kier alpha value is -1.16. The minimum atomic E-state index is -0.298. The molecule has 0 aromatic heterocycles. The molecule has 36 heavy (non-hydrogen) atoms. The highest BCUT2D eigenvalue weighted by Gasteiger charge is 2.70. The molecule has 0 aliphatic heterocycles. The lowest BCUT2D eigenvalue weighted by molar-refractivity contribution is -0.229. The Morgan fingerprint density at radius 1 is 0.944 bits per heavy atom. The summed E-state index contributed by atoms with van der Waals surface area (Å²) in [6.45, 7) is 18.5. The lowest BCUT2D eigenvalue weighted by Crippen LogP contribution is -2.65. The van der Waals surface area contributed by atoms with Gasteiger partial charge in [0.05, 0.1) is 6.10 Å². The van der Waals surface area contributed by atoms with E-state index in [-0.39, 0.29) is 45.1 Å². The van der Waals surface area contributed by atoms with Gasteiger partial charge in [-0.3, -0.25) is 9.59 Å². The molecule has 0 spiro atoms. The Morgan fingerprint density at radius 2 is 1.64 bits per heavy atom. The SMILES string of the molecule is CC(=O)OC[C@@]12CCC3(C)C(CCC4C5(C)CCC(O)C(C)(C)C5CCC43C)C1=C(C(C)C)C(=O)C2. The van der Waals surface area contributed by atoms with E-state index in [9.17, 15) is 14.7 Å². The quantitative estimate of drug-likeness (QED) is 0.430. The van der Waals surface area contributed by atoms with E-state index < -0.39 is 0 Å². The van der Waals surface area contributed by atoms with Crippen LogP contribution in [0.25, 0.3) is 0 Å². The molecule has 0 aromatic carbocycles. The average molecular weight is 499 g/mol. The Kier molecular flexibility index (Phi) is 6.00. The topological polar surface area (TPSA) is 63.6 Å². The highest BCUT2D eigenvalue weighted by molar-refractivity contribution is 6.00. The monoisotopic (exact) mass is 498 g/mol. The smallest absolute Gasteiger partial charge is 0.302 e. The van der Waals surface area contributed by atoms with Crippen molar-refractivity contribution in [2.75, 3.05) is 6.61 Å². The fourth-order valence-corrected chi connectivity index (χ4v) is 11.1. The van der Waals surface area contributed by atoms with Crippen LogP contribution in [-0.4, -0.2) is 29.6 Å². The number of hydrogen-bond donors (Lipinski definition) is 1. The number of allylic oxidation sites excluding steroid dienone is 1. The van der Waals surface area contributed by atoms with Gasteiger partial charge in [-0.15, -0.1) is 0 Å². The van der Waals surface area contributed by atoms with Crippen LogP contribution in [0.2, 0.25) is 0 Å². The number of carbonyl (C=O) groups is 2. The molecular formula is C32H50O4. The maximum atomic E-state index is 13.5. The molecule has 4 heteroatoms. The van der Waals surface area contributed by atoms with Gasteiger partial charge in [0.2, 0.25) is 0 Å². The predicted octanol–water partition coefficient (Wildman–Crippen LogP) is 6.89. The summed E-state index contributed by atoms with van der Waals surface area (Å²) in [5.74, 6) is 1.83. The maximum absolute atomic E-state index is 13.5. The Bertz CT molecular complexity index is 992. The van der Waals surface area contributed by atoms with Crippen molar-refractivity contribution in [3.63, 3.8) is 0 Å². The molecule has 0 heterocycles. The van der Waals surface area contributed by atoms with Gasteiger partial charge >= 0.3 is 5.97 Å². The average Bonchev–Trinajstić information content (AvgIpc) is 3.08. The first-order valence-corrected chi connectivity index (χ1v) is 14.7. The van der Waals surface area contributed by atoms with Gasteiger partial charge in [0.25, 0.3) is 0 Å². The van der Waals surface area contributed by atoms with Crippen LogP contribution in [0.3, 0.4) is 0 Å². The molecule has 4 fully saturated rings. The number of aliphatic hydroxyl groups is 1. The van der Waals surface area contributed by atoms with Crippen molar-refractivity contribution in [1.82, 2.24) is 0 Å². The van der Waals surface area contributed by atoms with Gasteiger partial charge in [-0.05, 0) is 108 Å². The van der Waals surface area contributed by atoms with Crippen LogP contribution in [0, 0.1) is 50.7 Å². The van der Waals surface area contributed by atoms with Crippen molar-refractivity contribution in [2.45, 2.75) is 119 Å². The lowest BCUT2D eigenvalue weighted by atomic mass is 9.33. The van der Waals surface area contributed by atoms with E-state index in [4.69, 9.17) is 4.74 Å². The van der Waals surface area contributed by atoms with E-state index in [1.807, 2.05) is 0 Å². The number of ether oxygens (including phenoxy) is 1. The van der Waals surface area contributed by atoms with E-state index in [0.29, 0.717) is 36.6 Å². The number of rotatable bonds is 3. The highest BCUT2D eigenvalue weighted by Crippen LogP contribution is 2.76. The first-order valence-electron chi connectivity index (χ1n) is 14.7. The second kappa shape index (κ2) is 8.17. The summed E-state index contributed by atoms with van der Waals surface area (Å²) in [7, 11) is 0. The summed E-state index contributed by atoms with van der Waals surface area (Å²) < 4.78 is 5.68. The molecule has 4 nitrogen and oxygen atoms in total. The molecule has 8 atom stereocenters. The first-order chi connectivity index (χ1) is 16.6. The lowest BCUT2D eigenvalue weighted by Gasteiger charge is -2.72. The molecule has 5 aliphatic rings. The van der Waals surface area contributed by atoms with E-state index in [1.165, 1.54) is 31.8 Å². The molecule has 202 valence electrons. The summed E-state index contributed by atoms with van der Waals surface area (Å²) in [5.41, 5.74) is 2.68. The molecule has 5 rings (SSSR count). The number of fused-ring (bicyclic) bond motifs is 7. The van der Waals surface area contributed by atoms with Gasteiger partial charge in [-0.2, -0.15) is 0 Å². The second-order valence-corrected chi connectivity index (χ2v) is 15.1.